The first-order valence-corrected chi connectivity index (χ1v) is 4.49. The Balaban J connectivity index is 3.61. The molecule has 0 saturated carbocycles. The van der Waals surface area contributed by atoms with Crippen LogP contribution < -0.4 is 5.32 Å². The number of rotatable bonds is 4. The molecule has 0 unspecified atom stereocenters. The van der Waals surface area contributed by atoms with E-state index in [1.54, 1.807) is 7.11 Å². The molecule has 1 N–H and O–H groups in total. The molecule has 12 heavy (non-hydrogen) atoms. The molecule has 0 atom stereocenters. The number of ether oxygens (including phenoxy) is 1. The molecule has 3 nitrogen and oxygen atoms in total. The van der Waals surface area contributed by atoms with Gasteiger partial charge in [-0.1, -0.05) is 0 Å². The molecule has 0 aliphatic carbocycles. The van der Waals surface area contributed by atoms with Crippen molar-refractivity contribution in [1.29, 1.82) is 0 Å². The Morgan fingerprint density at radius 2 is 2.17 bits per heavy atom. The summed E-state index contributed by atoms with van der Waals surface area (Å²) < 4.78 is 4.94. The largest absolute Gasteiger partial charge is 0.383 e. The lowest BCUT2D eigenvalue weighted by Gasteiger charge is -2.22. The zero-order valence-corrected chi connectivity index (χ0v) is 9.07. The lowest BCUT2D eigenvalue weighted by molar-refractivity contribution is 0.182. The normalized spacial score (nSPS) is 10.1. The maximum atomic E-state index is 5.13. The van der Waals surface area contributed by atoms with Gasteiger partial charge in [0.25, 0.3) is 0 Å². The highest BCUT2D eigenvalue weighted by Crippen LogP contribution is 1.87. The molecule has 0 aromatic carbocycles. The van der Waals surface area contributed by atoms with Gasteiger partial charge >= 0.3 is 0 Å². The number of likely N-dealkylation sites (N-methyl/N-ethyl adjacent to an activating group) is 1. The van der Waals surface area contributed by atoms with Gasteiger partial charge in [-0.25, -0.2) is 0 Å². The van der Waals surface area contributed by atoms with Crippen molar-refractivity contribution in [3.63, 3.8) is 0 Å². The molecule has 0 fully saturated rings. The van der Waals surface area contributed by atoms with E-state index >= 15 is 0 Å². The molecule has 72 valence electrons. The highest BCUT2D eigenvalue weighted by molar-refractivity contribution is 7.80. The van der Waals surface area contributed by atoms with Crippen LogP contribution in [0.1, 0.15) is 13.8 Å². The van der Waals surface area contributed by atoms with Gasteiger partial charge in [-0.05, 0) is 26.1 Å². The van der Waals surface area contributed by atoms with Gasteiger partial charge in [-0.15, -0.1) is 0 Å². The van der Waals surface area contributed by atoms with Crippen molar-refractivity contribution in [3.05, 3.63) is 0 Å². The second-order valence-corrected chi connectivity index (χ2v) is 3.41. The predicted octanol–water partition coefficient (Wildman–Crippen LogP) is 0.847. The van der Waals surface area contributed by atoms with E-state index in [0.29, 0.717) is 12.6 Å². The highest BCUT2D eigenvalue weighted by Gasteiger charge is 2.03. The van der Waals surface area contributed by atoms with Crippen molar-refractivity contribution < 1.29 is 4.74 Å². The Hall–Kier alpha value is -0.350. The molecule has 0 aliphatic heterocycles. The van der Waals surface area contributed by atoms with Crippen molar-refractivity contribution in [3.8, 4) is 0 Å². The highest BCUT2D eigenvalue weighted by atomic mass is 32.1. The average molecular weight is 190 g/mol. The molecular formula is C8H18N2OS. The summed E-state index contributed by atoms with van der Waals surface area (Å²) in [6, 6.07) is 0.391. The SMILES string of the molecule is COCCN(C)C(=S)NC(C)C. The van der Waals surface area contributed by atoms with E-state index in [2.05, 4.69) is 19.2 Å². The number of nitrogens with zero attached hydrogens (tertiary/aromatic N) is 1. The summed E-state index contributed by atoms with van der Waals surface area (Å²) in [5, 5.41) is 3.93. The molecule has 0 aliphatic rings. The average Bonchev–Trinajstić information content (AvgIpc) is 1.98. The first-order valence-electron chi connectivity index (χ1n) is 4.08. The summed E-state index contributed by atoms with van der Waals surface area (Å²) in [4.78, 5) is 1.97. The summed E-state index contributed by atoms with van der Waals surface area (Å²) >= 11 is 5.13. The predicted molar refractivity (Wildman–Crippen MR) is 55.4 cm³/mol. The van der Waals surface area contributed by atoms with Crippen molar-refractivity contribution >= 4 is 17.3 Å². The number of hydrogen-bond donors (Lipinski definition) is 1. The minimum Gasteiger partial charge on any atom is -0.383 e. The molecular weight excluding hydrogens is 172 g/mol. The van der Waals surface area contributed by atoms with Crippen LogP contribution in [0.3, 0.4) is 0 Å². The van der Waals surface area contributed by atoms with Crippen molar-refractivity contribution in [2.45, 2.75) is 19.9 Å². The standard InChI is InChI=1S/C8H18N2OS/c1-7(2)9-8(12)10(3)5-6-11-4/h7H,5-6H2,1-4H3,(H,9,12). The van der Waals surface area contributed by atoms with Crippen LogP contribution in [0.25, 0.3) is 0 Å². The maximum Gasteiger partial charge on any atom is 0.168 e. The maximum absolute atomic E-state index is 5.13. The van der Waals surface area contributed by atoms with Crippen LogP contribution >= 0.6 is 12.2 Å². The van der Waals surface area contributed by atoms with Crippen LogP contribution in [0.4, 0.5) is 0 Å². The van der Waals surface area contributed by atoms with E-state index in [1.165, 1.54) is 0 Å². The van der Waals surface area contributed by atoms with Gasteiger partial charge in [0.1, 0.15) is 0 Å². The lowest BCUT2D eigenvalue weighted by atomic mass is 10.4. The van der Waals surface area contributed by atoms with Crippen LogP contribution in [-0.4, -0.2) is 43.4 Å². The molecule has 0 saturated heterocycles. The van der Waals surface area contributed by atoms with Gasteiger partial charge < -0.3 is 15.0 Å². The Bertz CT molecular complexity index is 139. The molecule has 0 aromatic rings. The Labute approximate surface area is 80.1 Å². The molecule has 4 heteroatoms. The summed E-state index contributed by atoms with van der Waals surface area (Å²) in [5.41, 5.74) is 0. The molecule has 0 bridgehead atoms. The second kappa shape index (κ2) is 6.20. The molecule has 0 spiro atoms. The number of methoxy groups -OCH3 is 1. The van der Waals surface area contributed by atoms with E-state index in [-0.39, 0.29) is 0 Å². The molecule has 0 amide bonds. The van der Waals surface area contributed by atoms with Gasteiger partial charge in [0.15, 0.2) is 5.11 Å². The van der Waals surface area contributed by atoms with Crippen molar-refractivity contribution in [2.24, 2.45) is 0 Å². The van der Waals surface area contributed by atoms with Gasteiger partial charge in [-0.2, -0.15) is 0 Å². The number of hydrogen-bond acceptors (Lipinski definition) is 2. The third-order valence-corrected chi connectivity index (χ3v) is 1.82. The van der Waals surface area contributed by atoms with Crippen LogP contribution in [0.15, 0.2) is 0 Å². The zero-order valence-electron chi connectivity index (χ0n) is 8.26. The third kappa shape index (κ3) is 5.32. The first kappa shape index (κ1) is 11.6. The van der Waals surface area contributed by atoms with Gasteiger partial charge in [0.05, 0.1) is 6.61 Å². The number of thiocarbonyl (C=S) groups is 1. The summed E-state index contributed by atoms with van der Waals surface area (Å²) in [6.45, 7) is 5.67. The fourth-order valence-electron chi connectivity index (χ4n) is 0.687. The topological polar surface area (TPSA) is 24.5 Å². The van der Waals surface area contributed by atoms with Crippen molar-refractivity contribution in [1.82, 2.24) is 10.2 Å². The van der Waals surface area contributed by atoms with E-state index in [0.717, 1.165) is 11.7 Å². The first-order chi connectivity index (χ1) is 5.57. The van der Waals surface area contributed by atoms with Gasteiger partial charge in [-0.3, -0.25) is 0 Å². The van der Waals surface area contributed by atoms with Crippen LogP contribution in [0, 0.1) is 0 Å². The Morgan fingerprint density at radius 3 is 2.58 bits per heavy atom. The molecule has 0 rings (SSSR count). The van der Waals surface area contributed by atoms with Crippen LogP contribution in [0.2, 0.25) is 0 Å². The quantitative estimate of drug-likeness (QED) is 0.664. The van der Waals surface area contributed by atoms with E-state index < -0.39 is 0 Å². The smallest absolute Gasteiger partial charge is 0.168 e. The Kier molecular flexibility index (Phi) is 6.02. The summed E-state index contributed by atoms with van der Waals surface area (Å²) in [7, 11) is 3.64. The van der Waals surface area contributed by atoms with E-state index in [4.69, 9.17) is 17.0 Å². The minimum absolute atomic E-state index is 0.391. The molecule has 0 heterocycles. The summed E-state index contributed by atoms with van der Waals surface area (Å²) in [6.07, 6.45) is 0. The van der Waals surface area contributed by atoms with E-state index in [9.17, 15) is 0 Å². The van der Waals surface area contributed by atoms with Gasteiger partial charge in [0.2, 0.25) is 0 Å². The second-order valence-electron chi connectivity index (χ2n) is 3.02. The molecule has 0 radical (unpaired) electrons. The minimum atomic E-state index is 0.391. The number of nitrogens with one attached hydrogen (secondary N) is 1. The Morgan fingerprint density at radius 1 is 1.58 bits per heavy atom. The monoisotopic (exact) mass is 190 g/mol. The summed E-state index contributed by atoms with van der Waals surface area (Å²) in [5.74, 6) is 0. The molecule has 0 aromatic heterocycles. The van der Waals surface area contributed by atoms with E-state index in [1.807, 2.05) is 11.9 Å². The van der Waals surface area contributed by atoms with Crippen LogP contribution in [-0.2, 0) is 4.74 Å². The lowest BCUT2D eigenvalue weighted by Crippen LogP contribution is -2.41. The van der Waals surface area contributed by atoms with Crippen LogP contribution in [0.5, 0.6) is 0 Å². The fraction of sp³-hybridized carbons (Fsp3) is 0.875. The third-order valence-electron chi connectivity index (χ3n) is 1.39. The fourth-order valence-corrected chi connectivity index (χ4v) is 1.01. The zero-order chi connectivity index (χ0) is 9.56. The van der Waals surface area contributed by atoms with Crippen molar-refractivity contribution in [2.75, 3.05) is 27.3 Å². The van der Waals surface area contributed by atoms with Gasteiger partial charge in [0, 0.05) is 26.7 Å².